The van der Waals surface area contributed by atoms with Crippen LogP contribution in [0.5, 0.6) is 11.5 Å². The van der Waals surface area contributed by atoms with Crippen molar-refractivity contribution in [3.05, 3.63) is 29.8 Å². The maximum absolute atomic E-state index is 10.5. The molecule has 0 saturated carbocycles. The highest BCUT2D eigenvalue weighted by molar-refractivity contribution is 5.96. The van der Waals surface area contributed by atoms with Crippen LogP contribution in [-0.4, -0.2) is 26.0 Å². The molecule has 6 nitrogen and oxygen atoms in total. The molecule has 0 aliphatic rings. The van der Waals surface area contributed by atoms with Crippen LogP contribution in [0.15, 0.2) is 29.4 Å². The number of urea groups is 1. The molecule has 3 N–H and O–H groups in total. The largest absolute Gasteiger partial charge is 0.493 e. The van der Waals surface area contributed by atoms with Crippen LogP contribution < -0.4 is 20.6 Å². The normalized spacial score (nSPS) is 11.4. The molecule has 1 aromatic rings. The van der Waals surface area contributed by atoms with Crippen molar-refractivity contribution in [2.24, 2.45) is 10.8 Å². The minimum Gasteiger partial charge on any atom is -0.493 e. The maximum atomic E-state index is 10.5. The van der Waals surface area contributed by atoms with Gasteiger partial charge in [0.05, 0.1) is 19.9 Å². The van der Waals surface area contributed by atoms with Gasteiger partial charge in [0.1, 0.15) is 0 Å². The van der Waals surface area contributed by atoms with Crippen molar-refractivity contribution in [3.63, 3.8) is 0 Å². The van der Waals surface area contributed by atoms with E-state index in [4.69, 9.17) is 15.2 Å². The third kappa shape index (κ3) is 4.71. The van der Waals surface area contributed by atoms with E-state index in [1.54, 1.807) is 27.2 Å². The quantitative estimate of drug-likeness (QED) is 0.627. The fraction of sp³-hybridized carbons (Fsp3) is 0.231. The van der Waals surface area contributed by atoms with Gasteiger partial charge >= 0.3 is 6.03 Å². The van der Waals surface area contributed by atoms with E-state index in [9.17, 15) is 4.79 Å². The van der Waals surface area contributed by atoms with Gasteiger partial charge in [-0.2, -0.15) is 5.10 Å². The number of methoxy groups -OCH3 is 2. The molecule has 19 heavy (non-hydrogen) atoms. The molecule has 102 valence electrons. The van der Waals surface area contributed by atoms with Crippen LogP contribution in [0, 0.1) is 0 Å². The highest BCUT2D eigenvalue weighted by Gasteiger charge is 2.02. The average molecular weight is 263 g/mol. The maximum Gasteiger partial charge on any atom is 0.332 e. The number of ether oxygens (including phenoxy) is 2. The van der Waals surface area contributed by atoms with E-state index in [-0.39, 0.29) is 0 Å². The van der Waals surface area contributed by atoms with Gasteiger partial charge in [0, 0.05) is 0 Å². The van der Waals surface area contributed by atoms with E-state index < -0.39 is 6.03 Å². The number of nitrogens with one attached hydrogen (secondary N) is 1. The molecular weight excluding hydrogens is 246 g/mol. The zero-order chi connectivity index (χ0) is 14.3. The van der Waals surface area contributed by atoms with E-state index in [0.717, 1.165) is 5.56 Å². The molecule has 1 rings (SSSR count). The monoisotopic (exact) mass is 263 g/mol. The number of carbonyl (C=O) groups is 1. The zero-order valence-electron chi connectivity index (χ0n) is 11.1. The second kappa shape index (κ2) is 7.05. The lowest BCUT2D eigenvalue weighted by atomic mass is 10.1. The van der Waals surface area contributed by atoms with Crippen LogP contribution in [0.3, 0.4) is 0 Å². The number of carbonyl (C=O) groups excluding carboxylic acids is 1. The minimum absolute atomic E-state index is 0.619. The summed E-state index contributed by atoms with van der Waals surface area (Å²) in [6.45, 7) is 1.74. The predicted molar refractivity (Wildman–Crippen MR) is 74.4 cm³/mol. The summed E-state index contributed by atoms with van der Waals surface area (Å²) in [5, 5.41) is 3.76. The van der Waals surface area contributed by atoms with Crippen molar-refractivity contribution in [2.75, 3.05) is 14.2 Å². The number of amides is 2. The zero-order valence-corrected chi connectivity index (χ0v) is 11.1. The Morgan fingerprint density at radius 2 is 2.00 bits per heavy atom. The van der Waals surface area contributed by atoms with Crippen molar-refractivity contribution >= 4 is 17.8 Å². The summed E-state index contributed by atoms with van der Waals surface area (Å²) in [4.78, 5) is 10.5. The van der Waals surface area contributed by atoms with Gasteiger partial charge in [-0.15, -0.1) is 0 Å². The fourth-order valence-corrected chi connectivity index (χ4v) is 1.35. The van der Waals surface area contributed by atoms with E-state index in [0.29, 0.717) is 17.2 Å². The van der Waals surface area contributed by atoms with E-state index in [1.807, 2.05) is 24.3 Å². The molecular formula is C13H17N3O3. The Morgan fingerprint density at radius 1 is 1.32 bits per heavy atom. The van der Waals surface area contributed by atoms with E-state index >= 15 is 0 Å². The van der Waals surface area contributed by atoms with E-state index in [2.05, 4.69) is 10.5 Å². The van der Waals surface area contributed by atoms with Gasteiger partial charge in [-0.05, 0) is 30.7 Å². The smallest absolute Gasteiger partial charge is 0.332 e. The molecule has 0 aliphatic heterocycles. The van der Waals surface area contributed by atoms with Crippen LogP contribution in [0.25, 0.3) is 6.08 Å². The second-order valence-electron chi connectivity index (χ2n) is 3.68. The fourth-order valence-electron chi connectivity index (χ4n) is 1.35. The lowest BCUT2D eigenvalue weighted by Crippen LogP contribution is -2.25. The van der Waals surface area contributed by atoms with Crippen LogP contribution in [-0.2, 0) is 0 Å². The molecule has 0 aliphatic carbocycles. The summed E-state index contributed by atoms with van der Waals surface area (Å²) in [6.07, 6.45) is 3.58. The summed E-state index contributed by atoms with van der Waals surface area (Å²) in [7, 11) is 3.16. The van der Waals surface area contributed by atoms with Crippen molar-refractivity contribution in [2.45, 2.75) is 6.92 Å². The van der Waals surface area contributed by atoms with Gasteiger partial charge in [-0.1, -0.05) is 12.1 Å². The molecule has 2 amide bonds. The Bertz CT molecular complexity index is 510. The lowest BCUT2D eigenvalue weighted by molar-refractivity contribution is 0.249. The topological polar surface area (TPSA) is 85.9 Å². The van der Waals surface area contributed by atoms with Gasteiger partial charge in [0.15, 0.2) is 11.5 Å². The first-order chi connectivity index (χ1) is 9.06. The van der Waals surface area contributed by atoms with Gasteiger partial charge in [0.25, 0.3) is 0 Å². The van der Waals surface area contributed by atoms with Crippen LogP contribution in [0.2, 0.25) is 0 Å². The van der Waals surface area contributed by atoms with Gasteiger partial charge < -0.3 is 15.2 Å². The molecule has 0 atom stereocenters. The van der Waals surface area contributed by atoms with Crippen molar-refractivity contribution < 1.29 is 14.3 Å². The number of primary amides is 1. The highest BCUT2D eigenvalue weighted by Crippen LogP contribution is 2.27. The van der Waals surface area contributed by atoms with Crippen LogP contribution in [0.1, 0.15) is 12.5 Å². The van der Waals surface area contributed by atoms with Crippen molar-refractivity contribution in [1.82, 2.24) is 5.43 Å². The highest BCUT2D eigenvalue weighted by atomic mass is 16.5. The Hall–Kier alpha value is -2.50. The summed E-state index contributed by atoms with van der Waals surface area (Å²) < 4.78 is 10.3. The molecule has 0 heterocycles. The molecule has 0 aromatic heterocycles. The summed E-state index contributed by atoms with van der Waals surface area (Å²) in [6, 6.07) is 4.84. The second-order valence-corrected chi connectivity index (χ2v) is 3.68. The third-order valence-corrected chi connectivity index (χ3v) is 2.27. The lowest BCUT2D eigenvalue weighted by Gasteiger charge is -2.07. The van der Waals surface area contributed by atoms with Gasteiger partial charge in [0.2, 0.25) is 0 Å². The molecule has 6 heteroatoms. The summed E-state index contributed by atoms with van der Waals surface area (Å²) in [5.74, 6) is 1.31. The Kier molecular flexibility index (Phi) is 5.40. The molecule has 0 saturated heterocycles. The number of hydrogen-bond donors (Lipinski definition) is 2. The van der Waals surface area contributed by atoms with Gasteiger partial charge in [-0.25, -0.2) is 10.2 Å². The summed E-state index contributed by atoms with van der Waals surface area (Å²) >= 11 is 0. The van der Waals surface area contributed by atoms with Gasteiger partial charge in [-0.3, -0.25) is 0 Å². The predicted octanol–water partition coefficient (Wildman–Crippen LogP) is 1.76. The number of rotatable bonds is 5. The van der Waals surface area contributed by atoms with E-state index in [1.165, 1.54) is 0 Å². The number of hydrogen-bond acceptors (Lipinski definition) is 4. The summed E-state index contributed by atoms with van der Waals surface area (Å²) in [5.41, 5.74) is 8.60. The van der Waals surface area contributed by atoms with Crippen molar-refractivity contribution in [3.8, 4) is 11.5 Å². The number of hydrazone groups is 1. The molecule has 0 spiro atoms. The SMILES string of the molecule is COc1ccc(/C=C/C(C)=N/NC(N)=O)cc1OC. The number of allylic oxidation sites excluding steroid dienone is 1. The molecule has 0 unspecified atom stereocenters. The Morgan fingerprint density at radius 3 is 2.58 bits per heavy atom. The Labute approximate surface area is 111 Å². The number of nitrogens with zero attached hydrogens (tertiary/aromatic N) is 1. The third-order valence-electron chi connectivity index (χ3n) is 2.27. The standard InChI is InChI=1S/C13H17N3O3/c1-9(15-16-13(14)17)4-5-10-6-7-11(18-2)12(8-10)19-3/h4-8H,1-3H3,(H3,14,16,17)/b5-4+,15-9+. The van der Waals surface area contributed by atoms with Crippen LogP contribution in [0.4, 0.5) is 4.79 Å². The average Bonchev–Trinajstić information content (AvgIpc) is 2.42. The first-order valence-corrected chi connectivity index (χ1v) is 5.56. The molecule has 0 bridgehead atoms. The van der Waals surface area contributed by atoms with Crippen molar-refractivity contribution in [1.29, 1.82) is 0 Å². The molecule has 1 aromatic carbocycles. The van der Waals surface area contributed by atoms with Crippen LogP contribution >= 0.6 is 0 Å². The minimum atomic E-state index is -0.695. The number of nitrogens with two attached hydrogens (primary N) is 1. The first-order valence-electron chi connectivity index (χ1n) is 5.56. The Balaban J connectivity index is 2.82. The first kappa shape index (κ1) is 14.6. The molecule has 0 fully saturated rings. The molecule has 0 radical (unpaired) electrons. The number of benzene rings is 1.